The van der Waals surface area contributed by atoms with E-state index in [1.54, 1.807) is 0 Å². The van der Waals surface area contributed by atoms with Gasteiger partial charge in [-0.25, -0.2) is 4.98 Å². The van der Waals surface area contributed by atoms with Crippen molar-refractivity contribution in [2.24, 2.45) is 0 Å². The first kappa shape index (κ1) is 18.5. The number of hydrogen-bond donors (Lipinski definition) is 0. The predicted molar refractivity (Wildman–Crippen MR) is 79.9 cm³/mol. The Morgan fingerprint density at radius 2 is 1.33 bits per heavy atom. The smallest absolute Gasteiger partial charge is 0.231 e. The molecule has 0 radical (unpaired) electrons. The molecule has 0 fully saturated rings. The third-order valence-corrected chi connectivity index (χ3v) is 2.85. The Bertz CT molecular complexity index is 818. The van der Waals surface area contributed by atoms with Crippen molar-refractivity contribution in [2.75, 3.05) is 0 Å². The van der Waals surface area contributed by atoms with Gasteiger partial charge in [-0.1, -0.05) is 42.5 Å². The maximum Gasteiger partial charge on any atom is 0.231 e. The first-order chi connectivity index (χ1) is 10.9. The topological polar surface area (TPSA) is 16.8 Å². The molecule has 0 saturated carbocycles. The van der Waals surface area contributed by atoms with Crippen LogP contribution in [0.25, 0.3) is 11.0 Å². The summed E-state index contributed by atoms with van der Waals surface area (Å²) in [6.45, 7) is 0.879. The van der Waals surface area contributed by atoms with Gasteiger partial charge in [0, 0.05) is 11.6 Å². The van der Waals surface area contributed by atoms with Crippen molar-refractivity contribution >= 4 is 30.5 Å². The molecule has 0 atom stereocenters. The molecule has 0 aliphatic rings. The van der Waals surface area contributed by atoms with Gasteiger partial charge in [0.1, 0.15) is 5.52 Å². The van der Waals surface area contributed by atoms with Crippen LogP contribution in [0.2, 0.25) is 0 Å². The molecule has 0 saturated heterocycles. The molecule has 9 heteroatoms. The predicted octanol–water partition coefficient (Wildman–Crippen LogP) is 4.71. The molecule has 0 aliphatic carbocycles. The van der Waals surface area contributed by atoms with Crippen molar-refractivity contribution in [3.63, 3.8) is 0 Å². The third-order valence-electron chi connectivity index (χ3n) is 2.85. The van der Waals surface area contributed by atoms with Crippen LogP contribution in [0.4, 0.5) is 16.9 Å². The Labute approximate surface area is 136 Å². The molecule has 0 aliphatic heterocycles. The van der Waals surface area contributed by atoms with Crippen LogP contribution in [0.5, 0.6) is 0 Å². The minimum Gasteiger partial charge on any atom is -0.244 e. The van der Waals surface area contributed by atoms with Gasteiger partial charge in [-0.15, -0.1) is 0 Å². The Kier molecular flexibility index (Phi) is 4.56. The summed E-state index contributed by atoms with van der Waals surface area (Å²) in [5.74, 6) is 0. The first-order valence-electron chi connectivity index (χ1n) is 6.72. The Morgan fingerprint density at radius 1 is 0.792 bits per heavy atom. The van der Waals surface area contributed by atoms with Gasteiger partial charge in [-0.05, 0) is 6.07 Å². The van der Waals surface area contributed by atoms with Crippen molar-refractivity contribution in [3.05, 3.63) is 72.6 Å². The van der Waals surface area contributed by atoms with Crippen LogP contribution in [-0.2, 0) is 6.54 Å². The second kappa shape index (κ2) is 5.92. The average Bonchev–Trinajstić information content (AvgIpc) is 2.46. The molecule has 0 bridgehead atoms. The fourth-order valence-electron chi connectivity index (χ4n) is 2.01. The van der Waals surface area contributed by atoms with Crippen molar-refractivity contribution in [2.45, 2.75) is 6.54 Å². The number of nitrogens with zero attached hydrogens (tertiary/aromatic N) is 2. The zero-order chi connectivity index (χ0) is 17.9. The number of aromatic nitrogens is 2. The first-order valence-corrected chi connectivity index (χ1v) is 12.5. The Balaban J connectivity index is 0.000000256. The van der Waals surface area contributed by atoms with E-state index in [9.17, 15) is 16.9 Å². The van der Waals surface area contributed by atoms with E-state index in [0.717, 1.165) is 12.1 Å². The number of para-hydroxylation sites is 2. The number of fused-ring (bicyclic) bond motifs is 1. The second-order valence-corrected chi connectivity index (χ2v) is 10.5. The molecule has 130 valence electrons. The van der Waals surface area contributed by atoms with Gasteiger partial charge in [-0.2, -0.15) is 4.57 Å². The summed E-state index contributed by atoms with van der Waals surface area (Å²) in [7, 11) is 0. The molecule has 3 rings (SSSR count). The van der Waals surface area contributed by atoms with Crippen LogP contribution < -0.4 is 4.57 Å². The van der Waals surface area contributed by atoms with Gasteiger partial charge in [0.05, 0.1) is 6.20 Å². The molecular formula is C15H13F6N2Sb. The summed E-state index contributed by atoms with van der Waals surface area (Å²) < 4.78 is 61.8. The summed E-state index contributed by atoms with van der Waals surface area (Å²) >= 11 is -11.2. The summed E-state index contributed by atoms with van der Waals surface area (Å²) in [6, 6.07) is 18.7. The second-order valence-electron chi connectivity index (χ2n) is 4.99. The molecule has 1 aromatic heterocycles. The number of rotatable bonds is 2. The number of hydrogen-bond acceptors (Lipinski definition) is 1. The third kappa shape index (κ3) is 7.63. The molecule has 0 unspecified atom stereocenters. The van der Waals surface area contributed by atoms with Crippen LogP contribution in [0.15, 0.2) is 67.0 Å². The van der Waals surface area contributed by atoms with E-state index in [1.807, 2.05) is 36.7 Å². The monoisotopic (exact) mass is 456 g/mol. The van der Waals surface area contributed by atoms with E-state index in [-0.39, 0.29) is 0 Å². The fraction of sp³-hybridized carbons (Fsp3) is 0.0667. The molecule has 1 heterocycles. The summed E-state index contributed by atoms with van der Waals surface area (Å²) in [5, 5.41) is 0. The maximum atomic E-state index is 9.93. The van der Waals surface area contributed by atoms with Gasteiger partial charge in [0.2, 0.25) is 5.52 Å². The SMILES string of the molecule is [F][Sb-]([F])([F])([F])([F])[F].c1ccc(C[n+]2ccnc3ccccc32)cc1. The largest absolute Gasteiger partial charge is 0.244 e. The molecular weight excluding hydrogens is 444 g/mol. The van der Waals surface area contributed by atoms with Crippen molar-refractivity contribution in [3.8, 4) is 0 Å². The van der Waals surface area contributed by atoms with Crippen molar-refractivity contribution < 1.29 is 21.4 Å². The average molecular weight is 457 g/mol. The zero-order valence-corrected chi connectivity index (χ0v) is 14.7. The number of benzene rings is 2. The molecule has 2 nitrogen and oxygen atoms in total. The van der Waals surface area contributed by atoms with E-state index in [2.05, 4.69) is 39.9 Å². The molecule has 3 aromatic rings. The number of halogens is 6. The standard InChI is InChI=1S/C15H13N2.6FH.Sb/c1-2-6-13(7-3-1)12-17-11-10-16-14-8-4-5-9-15(14)17;;;;;;;/h1-11H,12H2;6*1H;/q+1;;;;;;;+5/p-6. The van der Waals surface area contributed by atoms with Crippen LogP contribution in [-0.4, -0.2) is 24.5 Å². The molecule has 2 aromatic carbocycles. The molecule has 0 amide bonds. The van der Waals surface area contributed by atoms with Crippen molar-refractivity contribution in [1.29, 1.82) is 0 Å². The molecule has 0 N–H and O–H groups in total. The van der Waals surface area contributed by atoms with Gasteiger partial charge in [-0.3, -0.25) is 0 Å². The van der Waals surface area contributed by atoms with E-state index < -0.39 is 19.5 Å². The Hall–Kier alpha value is -1.82. The maximum absolute atomic E-state index is 11.2. The van der Waals surface area contributed by atoms with E-state index >= 15 is 0 Å². The zero-order valence-electron chi connectivity index (χ0n) is 12.2. The molecule has 24 heavy (non-hydrogen) atoms. The molecule has 0 spiro atoms. The minimum atomic E-state index is -11.2. The quantitative estimate of drug-likeness (QED) is 0.310. The van der Waals surface area contributed by atoms with E-state index in [0.29, 0.717) is 0 Å². The summed E-state index contributed by atoms with van der Waals surface area (Å²) in [5.41, 5.74) is 3.50. The fourth-order valence-corrected chi connectivity index (χ4v) is 2.01. The van der Waals surface area contributed by atoms with Gasteiger partial charge in [0.25, 0.3) is 0 Å². The normalized spacial score (nSPS) is 14.2. The van der Waals surface area contributed by atoms with E-state index in [1.165, 1.54) is 11.1 Å². The summed E-state index contributed by atoms with van der Waals surface area (Å²) in [6.07, 6.45) is 3.88. The Morgan fingerprint density at radius 3 is 1.96 bits per heavy atom. The van der Waals surface area contributed by atoms with Crippen LogP contribution >= 0.6 is 0 Å². The minimum absolute atomic E-state index is 0.879. The van der Waals surface area contributed by atoms with E-state index in [4.69, 9.17) is 0 Å². The summed E-state index contributed by atoms with van der Waals surface area (Å²) in [4.78, 5) is 4.36. The van der Waals surface area contributed by atoms with Crippen LogP contribution in [0.3, 0.4) is 0 Å². The van der Waals surface area contributed by atoms with Gasteiger partial charge >= 0.3 is 36.4 Å². The van der Waals surface area contributed by atoms with Crippen LogP contribution in [0.1, 0.15) is 5.56 Å². The van der Waals surface area contributed by atoms with Gasteiger partial charge in [0.15, 0.2) is 12.7 Å². The van der Waals surface area contributed by atoms with Crippen molar-refractivity contribution in [1.82, 2.24) is 4.98 Å². The van der Waals surface area contributed by atoms with Gasteiger partial charge < -0.3 is 0 Å². The van der Waals surface area contributed by atoms with Crippen LogP contribution in [0, 0.1) is 0 Å².